The van der Waals surface area contributed by atoms with Gasteiger partial charge < -0.3 is 20.5 Å². The summed E-state index contributed by atoms with van der Waals surface area (Å²) < 4.78 is 4.48. The average molecular weight is 292 g/mol. The van der Waals surface area contributed by atoms with Crippen molar-refractivity contribution in [3.63, 3.8) is 0 Å². The number of rotatable bonds is 6. The Morgan fingerprint density at radius 3 is 2.33 bits per heavy atom. The molecule has 0 atom stereocenters. The van der Waals surface area contributed by atoms with E-state index in [9.17, 15) is 14.4 Å². The predicted molar refractivity (Wildman–Crippen MR) is 75.8 cm³/mol. The highest BCUT2D eigenvalue weighted by atomic mass is 16.5. The van der Waals surface area contributed by atoms with Gasteiger partial charge in [0.15, 0.2) is 0 Å². The first-order valence-electron chi connectivity index (χ1n) is 6.16. The van der Waals surface area contributed by atoms with E-state index in [1.807, 2.05) is 0 Å². The van der Waals surface area contributed by atoms with Crippen molar-refractivity contribution in [1.29, 1.82) is 0 Å². The molecule has 0 aliphatic heterocycles. The van der Waals surface area contributed by atoms with E-state index < -0.39 is 17.8 Å². The molecular weight excluding hydrogens is 276 g/mol. The standard InChI is InChI=1S/C14H16N2O5/c1-3-15-13(18)11(8-12(17)21-2)16-10-6-4-9(5-7-10)14(19)20/h4-8,16H,3H2,1-2H3,(H,15,18)(H,19,20)/b11-8-. The number of ether oxygens (including phenoxy) is 1. The summed E-state index contributed by atoms with van der Waals surface area (Å²) in [5, 5.41) is 14.1. The van der Waals surface area contributed by atoms with Crippen molar-refractivity contribution in [1.82, 2.24) is 5.32 Å². The molecule has 0 saturated heterocycles. The van der Waals surface area contributed by atoms with Gasteiger partial charge in [-0.05, 0) is 31.2 Å². The quantitative estimate of drug-likeness (QED) is 0.533. The second kappa shape index (κ2) is 7.68. The number of aromatic carboxylic acids is 1. The first-order valence-corrected chi connectivity index (χ1v) is 6.16. The van der Waals surface area contributed by atoms with Crippen LogP contribution < -0.4 is 10.6 Å². The van der Waals surface area contributed by atoms with E-state index in [2.05, 4.69) is 15.4 Å². The lowest BCUT2D eigenvalue weighted by atomic mass is 10.2. The number of nitrogens with one attached hydrogen (secondary N) is 2. The SMILES string of the molecule is CCNC(=O)/C(=C/C(=O)OC)Nc1ccc(C(=O)O)cc1. The van der Waals surface area contributed by atoms with Crippen LogP contribution in [-0.4, -0.2) is 36.6 Å². The van der Waals surface area contributed by atoms with Crippen LogP contribution in [-0.2, 0) is 14.3 Å². The van der Waals surface area contributed by atoms with Gasteiger partial charge in [-0.15, -0.1) is 0 Å². The first-order chi connectivity index (χ1) is 9.97. The van der Waals surface area contributed by atoms with Gasteiger partial charge in [-0.1, -0.05) is 0 Å². The molecule has 0 aliphatic rings. The molecule has 0 bridgehead atoms. The highest BCUT2D eigenvalue weighted by molar-refractivity contribution is 6.01. The molecule has 0 fully saturated rings. The third-order valence-electron chi connectivity index (χ3n) is 2.46. The lowest BCUT2D eigenvalue weighted by Crippen LogP contribution is -2.28. The Labute approximate surface area is 121 Å². The molecule has 0 spiro atoms. The van der Waals surface area contributed by atoms with Crippen LogP contribution in [0.25, 0.3) is 0 Å². The predicted octanol–water partition coefficient (Wildman–Crippen LogP) is 0.990. The van der Waals surface area contributed by atoms with Crippen LogP contribution in [0.15, 0.2) is 36.0 Å². The molecule has 0 saturated carbocycles. The van der Waals surface area contributed by atoms with E-state index in [1.54, 1.807) is 6.92 Å². The molecular formula is C14H16N2O5. The zero-order valence-electron chi connectivity index (χ0n) is 11.7. The van der Waals surface area contributed by atoms with Gasteiger partial charge in [0.05, 0.1) is 18.7 Å². The molecule has 7 heteroatoms. The number of amides is 1. The second-order valence-corrected chi connectivity index (χ2v) is 3.95. The van der Waals surface area contributed by atoms with Gasteiger partial charge in [0.1, 0.15) is 5.70 Å². The summed E-state index contributed by atoms with van der Waals surface area (Å²) in [5.41, 5.74) is 0.602. The number of anilines is 1. The van der Waals surface area contributed by atoms with Gasteiger partial charge in [-0.3, -0.25) is 4.79 Å². The van der Waals surface area contributed by atoms with E-state index in [1.165, 1.54) is 31.4 Å². The maximum atomic E-state index is 11.8. The van der Waals surface area contributed by atoms with Crippen molar-refractivity contribution in [3.05, 3.63) is 41.6 Å². The normalized spacial score (nSPS) is 10.7. The van der Waals surface area contributed by atoms with Crippen molar-refractivity contribution >= 4 is 23.5 Å². The van der Waals surface area contributed by atoms with Crippen LogP contribution in [0.5, 0.6) is 0 Å². The lowest BCUT2D eigenvalue weighted by Gasteiger charge is -2.10. The zero-order valence-corrected chi connectivity index (χ0v) is 11.7. The number of hydrogen-bond acceptors (Lipinski definition) is 5. The number of methoxy groups -OCH3 is 1. The summed E-state index contributed by atoms with van der Waals surface area (Å²) >= 11 is 0. The van der Waals surface area contributed by atoms with Gasteiger partial charge in [-0.2, -0.15) is 0 Å². The number of benzene rings is 1. The number of hydrogen-bond donors (Lipinski definition) is 3. The summed E-state index contributed by atoms with van der Waals surface area (Å²) in [7, 11) is 1.20. The number of carboxylic acid groups (broad SMARTS) is 1. The van der Waals surface area contributed by atoms with Crippen molar-refractivity contribution in [3.8, 4) is 0 Å². The molecule has 1 amide bonds. The first kappa shape index (κ1) is 16.2. The molecule has 0 heterocycles. The Morgan fingerprint density at radius 1 is 1.24 bits per heavy atom. The largest absolute Gasteiger partial charge is 0.478 e. The lowest BCUT2D eigenvalue weighted by molar-refractivity contribution is -0.135. The fourth-order valence-corrected chi connectivity index (χ4v) is 1.44. The summed E-state index contributed by atoms with van der Waals surface area (Å²) in [4.78, 5) is 33.9. The molecule has 21 heavy (non-hydrogen) atoms. The van der Waals surface area contributed by atoms with E-state index in [4.69, 9.17) is 5.11 Å². The Morgan fingerprint density at radius 2 is 1.86 bits per heavy atom. The van der Waals surface area contributed by atoms with Gasteiger partial charge in [-0.25, -0.2) is 9.59 Å². The van der Waals surface area contributed by atoms with E-state index in [0.29, 0.717) is 12.2 Å². The van der Waals surface area contributed by atoms with Crippen LogP contribution in [0.2, 0.25) is 0 Å². The minimum absolute atomic E-state index is 0.00627. The molecule has 0 aliphatic carbocycles. The van der Waals surface area contributed by atoms with Gasteiger partial charge in [0.25, 0.3) is 5.91 Å². The highest BCUT2D eigenvalue weighted by Crippen LogP contribution is 2.12. The Bertz CT molecular complexity index is 563. The van der Waals surface area contributed by atoms with Crippen molar-refractivity contribution in [2.24, 2.45) is 0 Å². The minimum Gasteiger partial charge on any atom is -0.478 e. The number of carboxylic acids is 1. The molecule has 1 rings (SSSR count). The summed E-state index contributed by atoms with van der Waals surface area (Å²) in [5.74, 6) is -2.19. The molecule has 1 aromatic carbocycles. The third kappa shape index (κ3) is 4.98. The van der Waals surface area contributed by atoms with Crippen molar-refractivity contribution < 1.29 is 24.2 Å². The highest BCUT2D eigenvalue weighted by Gasteiger charge is 2.12. The maximum Gasteiger partial charge on any atom is 0.335 e. The summed E-state index contributed by atoms with van der Waals surface area (Å²) in [6, 6.07) is 5.76. The van der Waals surface area contributed by atoms with E-state index in [0.717, 1.165) is 6.08 Å². The summed E-state index contributed by atoms with van der Waals surface area (Å²) in [6.45, 7) is 2.15. The monoisotopic (exact) mass is 292 g/mol. The zero-order chi connectivity index (χ0) is 15.8. The van der Waals surface area contributed by atoms with E-state index >= 15 is 0 Å². The van der Waals surface area contributed by atoms with Crippen LogP contribution in [0.1, 0.15) is 17.3 Å². The van der Waals surface area contributed by atoms with Crippen LogP contribution in [0.4, 0.5) is 5.69 Å². The van der Waals surface area contributed by atoms with Gasteiger partial charge in [0.2, 0.25) is 0 Å². The average Bonchev–Trinajstić information content (AvgIpc) is 2.47. The molecule has 0 unspecified atom stereocenters. The third-order valence-corrected chi connectivity index (χ3v) is 2.46. The number of carbonyl (C=O) groups excluding carboxylic acids is 2. The van der Waals surface area contributed by atoms with Crippen LogP contribution in [0, 0.1) is 0 Å². The molecule has 1 aromatic rings. The summed E-state index contributed by atoms with van der Waals surface area (Å²) in [6.07, 6.45) is 1.02. The smallest absolute Gasteiger partial charge is 0.335 e. The van der Waals surface area contributed by atoms with Crippen molar-refractivity contribution in [2.75, 3.05) is 19.0 Å². The fraction of sp³-hybridized carbons (Fsp3) is 0.214. The molecule has 3 N–H and O–H groups in total. The maximum absolute atomic E-state index is 11.8. The molecule has 112 valence electrons. The number of likely N-dealkylation sites (N-methyl/N-ethyl adjacent to an activating group) is 1. The van der Waals surface area contributed by atoms with Crippen LogP contribution >= 0.6 is 0 Å². The van der Waals surface area contributed by atoms with Gasteiger partial charge in [0, 0.05) is 12.2 Å². The topological polar surface area (TPSA) is 105 Å². The molecule has 0 radical (unpaired) electrons. The van der Waals surface area contributed by atoms with Crippen molar-refractivity contribution in [2.45, 2.75) is 6.92 Å². The Hall–Kier alpha value is -2.83. The second-order valence-electron chi connectivity index (χ2n) is 3.95. The fourth-order valence-electron chi connectivity index (χ4n) is 1.44. The number of esters is 1. The van der Waals surface area contributed by atoms with E-state index in [-0.39, 0.29) is 11.3 Å². The molecule has 7 nitrogen and oxygen atoms in total. The Balaban J connectivity index is 2.95. The van der Waals surface area contributed by atoms with Gasteiger partial charge >= 0.3 is 11.9 Å². The Kier molecular flexibility index (Phi) is 5.94. The van der Waals surface area contributed by atoms with Crippen LogP contribution in [0.3, 0.4) is 0 Å². The number of carbonyl (C=O) groups is 3. The minimum atomic E-state index is -1.05. The molecule has 0 aromatic heterocycles.